The van der Waals surface area contributed by atoms with Gasteiger partial charge in [-0.05, 0) is 25.8 Å². The number of anilines is 1. The smallest absolute Gasteiger partial charge is 0.332 e. The highest BCUT2D eigenvalue weighted by atomic mass is 16.5. The minimum Gasteiger partial charge on any atom is -0.384 e. The molecule has 0 aromatic carbocycles. The third-order valence-corrected chi connectivity index (χ3v) is 3.63. The van der Waals surface area contributed by atoms with Crippen molar-refractivity contribution in [2.24, 2.45) is 14.1 Å². The van der Waals surface area contributed by atoms with Crippen molar-refractivity contribution in [1.82, 2.24) is 14.1 Å². The second-order valence-electron chi connectivity index (χ2n) is 5.20. The Labute approximate surface area is 128 Å². The van der Waals surface area contributed by atoms with Crippen molar-refractivity contribution in [1.29, 1.82) is 0 Å². The van der Waals surface area contributed by atoms with Gasteiger partial charge in [-0.15, -0.1) is 0 Å². The molecule has 0 aliphatic carbocycles. The summed E-state index contributed by atoms with van der Waals surface area (Å²) in [5.41, 5.74) is 1.29. The second kappa shape index (κ2) is 6.74. The topological polar surface area (TPSA) is 78.2 Å². The van der Waals surface area contributed by atoms with Crippen LogP contribution in [0.1, 0.15) is 18.9 Å². The first-order valence-electron chi connectivity index (χ1n) is 7.36. The van der Waals surface area contributed by atoms with E-state index in [2.05, 4.69) is 10.3 Å². The maximum atomic E-state index is 12.5. The molecular formula is C15H22N4O3. The molecule has 0 bridgehead atoms. The first kappa shape index (κ1) is 16.2. The molecule has 0 saturated carbocycles. The number of rotatable bonds is 6. The van der Waals surface area contributed by atoms with E-state index in [9.17, 15) is 9.59 Å². The van der Waals surface area contributed by atoms with Crippen molar-refractivity contribution in [3.63, 3.8) is 0 Å². The molecule has 0 saturated heterocycles. The van der Waals surface area contributed by atoms with E-state index >= 15 is 0 Å². The maximum absolute atomic E-state index is 12.5. The van der Waals surface area contributed by atoms with Crippen LogP contribution < -0.4 is 16.6 Å². The van der Waals surface area contributed by atoms with Gasteiger partial charge in [-0.2, -0.15) is 0 Å². The third-order valence-electron chi connectivity index (χ3n) is 3.63. The number of aryl methyl sites for hydroxylation is 2. The summed E-state index contributed by atoms with van der Waals surface area (Å²) >= 11 is 0. The normalized spacial score (nSPS) is 11.1. The highest BCUT2D eigenvalue weighted by Crippen LogP contribution is 2.21. The molecule has 0 fully saturated rings. The van der Waals surface area contributed by atoms with Crippen LogP contribution in [0.15, 0.2) is 15.8 Å². The molecule has 2 aromatic rings. The standard InChI is InChI=1S/C15H22N4O3/c1-5-22-8-6-7-16-12-10(2)9-17-13-11(12)14(20)19(4)15(21)18(13)3/h9H,5-8H2,1-4H3,(H,16,17). The van der Waals surface area contributed by atoms with Crippen LogP contribution in [-0.2, 0) is 18.8 Å². The highest BCUT2D eigenvalue weighted by Gasteiger charge is 2.15. The van der Waals surface area contributed by atoms with Crippen LogP contribution in [0.25, 0.3) is 11.0 Å². The summed E-state index contributed by atoms with van der Waals surface area (Å²) in [5, 5.41) is 3.73. The predicted molar refractivity (Wildman–Crippen MR) is 86.6 cm³/mol. The van der Waals surface area contributed by atoms with E-state index in [4.69, 9.17) is 4.74 Å². The van der Waals surface area contributed by atoms with Crippen LogP contribution >= 0.6 is 0 Å². The number of nitrogens with zero attached hydrogens (tertiary/aromatic N) is 3. The van der Waals surface area contributed by atoms with Gasteiger partial charge in [0.25, 0.3) is 5.56 Å². The van der Waals surface area contributed by atoms with E-state index in [1.54, 1.807) is 13.2 Å². The molecule has 7 nitrogen and oxygen atoms in total. The van der Waals surface area contributed by atoms with Gasteiger partial charge in [-0.3, -0.25) is 13.9 Å². The molecular weight excluding hydrogens is 284 g/mol. The van der Waals surface area contributed by atoms with E-state index < -0.39 is 0 Å². The Kier molecular flexibility index (Phi) is 4.97. The zero-order valence-electron chi connectivity index (χ0n) is 13.5. The van der Waals surface area contributed by atoms with Crippen molar-refractivity contribution in [2.75, 3.05) is 25.1 Å². The number of ether oxygens (including phenoxy) is 1. The largest absolute Gasteiger partial charge is 0.384 e. The van der Waals surface area contributed by atoms with Gasteiger partial charge in [0.05, 0.1) is 5.69 Å². The second-order valence-corrected chi connectivity index (χ2v) is 5.20. The highest BCUT2D eigenvalue weighted by molar-refractivity contribution is 5.89. The molecule has 2 rings (SSSR count). The predicted octanol–water partition coefficient (Wildman–Crippen LogP) is 0.779. The number of nitrogens with one attached hydrogen (secondary N) is 1. The Balaban J connectivity index is 2.47. The zero-order valence-corrected chi connectivity index (χ0v) is 13.5. The fourth-order valence-electron chi connectivity index (χ4n) is 2.38. The molecule has 1 N–H and O–H groups in total. The lowest BCUT2D eigenvalue weighted by Gasteiger charge is -2.14. The quantitative estimate of drug-likeness (QED) is 0.798. The Hall–Kier alpha value is -2.15. The van der Waals surface area contributed by atoms with Crippen LogP contribution in [-0.4, -0.2) is 33.9 Å². The SMILES string of the molecule is CCOCCCNc1c(C)cnc2c1c(=O)n(C)c(=O)n2C. The summed E-state index contributed by atoms with van der Waals surface area (Å²) in [4.78, 5) is 28.7. The molecule has 0 amide bonds. The molecule has 2 aromatic heterocycles. The summed E-state index contributed by atoms with van der Waals surface area (Å²) in [6, 6.07) is 0. The van der Waals surface area contributed by atoms with E-state index in [1.807, 2.05) is 13.8 Å². The minimum atomic E-state index is -0.379. The zero-order chi connectivity index (χ0) is 16.3. The number of aromatic nitrogens is 3. The molecule has 0 atom stereocenters. The fourth-order valence-corrected chi connectivity index (χ4v) is 2.38. The van der Waals surface area contributed by atoms with Crippen molar-refractivity contribution in [2.45, 2.75) is 20.3 Å². The van der Waals surface area contributed by atoms with E-state index in [0.29, 0.717) is 30.8 Å². The number of pyridine rings is 1. The van der Waals surface area contributed by atoms with Gasteiger partial charge in [0.1, 0.15) is 5.39 Å². The minimum absolute atomic E-state index is 0.332. The fraction of sp³-hybridized carbons (Fsp3) is 0.533. The number of hydrogen-bond donors (Lipinski definition) is 1. The lowest BCUT2D eigenvalue weighted by Crippen LogP contribution is -2.37. The summed E-state index contributed by atoms with van der Waals surface area (Å²) in [6.07, 6.45) is 2.51. The van der Waals surface area contributed by atoms with Crippen LogP contribution in [0, 0.1) is 6.92 Å². The lowest BCUT2D eigenvalue weighted by atomic mass is 10.2. The molecule has 0 aliphatic rings. The molecule has 0 unspecified atom stereocenters. The van der Waals surface area contributed by atoms with Gasteiger partial charge >= 0.3 is 5.69 Å². The van der Waals surface area contributed by atoms with E-state index in [1.165, 1.54) is 11.6 Å². The monoisotopic (exact) mass is 306 g/mol. The van der Waals surface area contributed by atoms with Gasteiger partial charge in [-0.25, -0.2) is 9.78 Å². The van der Waals surface area contributed by atoms with Gasteiger partial charge in [0, 0.05) is 40.1 Å². The summed E-state index contributed by atoms with van der Waals surface area (Å²) in [5.74, 6) is 0. The van der Waals surface area contributed by atoms with Crippen LogP contribution in [0.3, 0.4) is 0 Å². The molecule has 0 radical (unpaired) electrons. The number of hydrogen-bond acceptors (Lipinski definition) is 5. The summed E-state index contributed by atoms with van der Waals surface area (Å²) in [7, 11) is 3.09. The molecule has 2 heterocycles. The third kappa shape index (κ3) is 2.89. The van der Waals surface area contributed by atoms with Crippen molar-refractivity contribution >= 4 is 16.7 Å². The van der Waals surface area contributed by atoms with Crippen LogP contribution in [0.4, 0.5) is 5.69 Å². The van der Waals surface area contributed by atoms with E-state index in [0.717, 1.165) is 22.2 Å². The molecule has 7 heteroatoms. The lowest BCUT2D eigenvalue weighted by molar-refractivity contribution is 0.147. The molecule has 0 spiro atoms. The van der Waals surface area contributed by atoms with Crippen molar-refractivity contribution in [3.05, 3.63) is 32.6 Å². The molecule has 22 heavy (non-hydrogen) atoms. The average molecular weight is 306 g/mol. The summed E-state index contributed by atoms with van der Waals surface area (Å²) in [6.45, 7) is 5.90. The van der Waals surface area contributed by atoms with E-state index in [-0.39, 0.29) is 11.2 Å². The van der Waals surface area contributed by atoms with Gasteiger partial charge in [0.15, 0.2) is 5.65 Å². The Morgan fingerprint density at radius 1 is 1.27 bits per heavy atom. The first-order chi connectivity index (χ1) is 10.5. The first-order valence-corrected chi connectivity index (χ1v) is 7.36. The van der Waals surface area contributed by atoms with Gasteiger partial charge in [0.2, 0.25) is 0 Å². The Morgan fingerprint density at radius 3 is 2.68 bits per heavy atom. The Bertz CT molecular complexity index is 792. The average Bonchev–Trinajstić information content (AvgIpc) is 2.51. The van der Waals surface area contributed by atoms with Gasteiger partial charge in [-0.1, -0.05) is 0 Å². The summed E-state index contributed by atoms with van der Waals surface area (Å²) < 4.78 is 7.80. The van der Waals surface area contributed by atoms with Crippen molar-refractivity contribution in [3.8, 4) is 0 Å². The molecule has 0 aliphatic heterocycles. The number of fused-ring (bicyclic) bond motifs is 1. The van der Waals surface area contributed by atoms with Crippen LogP contribution in [0.5, 0.6) is 0 Å². The Morgan fingerprint density at radius 2 is 2.00 bits per heavy atom. The maximum Gasteiger partial charge on any atom is 0.332 e. The van der Waals surface area contributed by atoms with Gasteiger partial charge < -0.3 is 10.1 Å². The van der Waals surface area contributed by atoms with Crippen LogP contribution in [0.2, 0.25) is 0 Å². The molecule has 120 valence electrons. The van der Waals surface area contributed by atoms with Crippen molar-refractivity contribution < 1.29 is 4.74 Å².